The molecule has 3 aliphatic rings. The molecule has 4 N–H and O–H groups in total. The molecule has 22 heteroatoms. The molecule has 3 aliphatic heterocycles. The number of nitrogen functional groups attached to an aromatic ring is 2. The molecule has 0 radical (unpaired) electrons. The standard InChI is InChI=1S/C21H26N10O8P2S2/c1-9-17-11(3-14(36-17)31-8-29-16-19(23)25-6-27-21(16)31)39-40(32,42)34-4-12-10(38-41(33,43)37-9)2-13(35-12)30-7-28-15-18(22)24-5-26-20(15)30/h5-14,17H,2-4H2,1H3,(H,32,42)(H,33,43)(H2,22,24,26)(H2,23,25,27)/t9-,10-,11-,12+,13+,14+,17?,40+,41+/m0/s1. The van der Waals surface area contributed by atoms with Crippen LogP contribution in [0, 0.1) is 0 Å². The summed E-state index contributed by atoms with van der Waals surface area (Å²) in [6.07, 6.45) is 0.196. The second kappa shape index (κ2) is 10.9. The first kappa shape index (κ1) is 29.3. The normalized spacial score (nSPS) is 37.1. The van der Waals surface area contributed by atoms with Crippen LogP contribution in [-0.2, 0) is 36.7 Å². The van der Waals surface area contributed by atoms with Crippen molar-refractivity contribution in [2.45, 2.75) is 62.7 Å². The number of fused-ring (bicyclic) bond motifs is 4. The molecule has 43 heavy (non-hydrogen) atoms. The smallest absolute Gasteiger partial charge is 0.382 e. The van der Waals surface area contributed by atoms with E-state index in [-0.39, 0.29) is 31.1 Å². The zero-order valence-electron chi connectivity index (χ0n) is 22.3. The summed E-state index contributed by atoms with van der Waals surface area (Å²) in [6, 6.07) is 0. The maximum Gasteiger partial charge on any atom is 0.386 e. The molecule has 0 spiro atoms. The Bertz CT molecular complexity index is 1800. The Morgan fingerprint density at radius 1 is 0.767 bits per heavy atom. The van der Waals surface area contributed by atoms with Crippen LogP contribution < -0.4 is 11.5 Å². The van der Waals surface area contributed by atoms with Crippen molar-refractivity contribution in [2.75, 3.05) is 18.1 Å². The Balaban J connectivity index is 1.15. The number of anilines is 2. The minimum atomic E-state index is -4.02. The molecule has 230 valence electrons. The van der Waals surface area contributed by atoms with Gasteiger partial charge in [0.2, 0.25) is 0 Å². The molecule has 0 saturated carbocycles. The highest BCUT2D eigenvalue weighted by Crippen LogP contribution is 2.61. The summed E-state index contributed by atoms with van der Waals surface area (Å²) in [4.78, 5) is 25.0. The minimum Gasteiger partial charge on any atom is -0.382 e. The Hall–Kier alpha value is -2.38. The van der Waals surface area contributed by atoms with Gasteiger partial charge in [0, 0.05) is 12.8 Å². The lowest BCUT2D eigenvalue weighted by Gasteiger charge is -2.30. The van der Waals surface area contributed by atoms with Crippen molar-refractivity contribution >= 4 is 72.1 Å². The van der Waals surface area contributed by atoms with Crippen molar-refractivity contribution in [1.82, 2.24) is 39.0 Å². The van der Waals surface area contributed by atoms with Crippen molar-refractivity contribution < 1.29 is 36.7 Å². The topological polar surface area (TPSA) is 229 Å². The second-order valence-corrected chi connectivity index (χ2v) is 15.9. The average Bonchev–Trinajstić information content (AvgIpc) is 3.71. The fraction of sp³-hybridized carbons (Fsp3) is 0.524. The van der Waals surface area contributed by atoms with Crippen LogP contribution in [0.3, 0.4) is 0 Å². The Morgan fingerprint density at radius 3 is 1.95 bits per heavy atom. The molecule has 7 rings (SSSR count). The van der Waals surface area contributed by atoms with Gasteiger partial charge < -0.3 is 20.9 Å². The van der Waals surface area contributed by atoms with E-state index in [1.807, 2.05) is 0 Å². The van der Waals surface area contributed by atoms with Crippen LogP contribution in [0.5, 0.6) is 0 Å². The third-order valence-corrected chi connectivity index (χ3v) is 10.7. The molecule has 0 aromatic carbocycles. The second-order valence-electron chi connectivity index (χ2n) is 10.2. The largest absolute Gasteiger partial charge is 0.386 e. The lowest BCUT2D eigenvalue weighted by Crippen LogP contribution is -2.36. The third-order valence-electron chi connectivity index (χ3n) is 7.39. The van der Waals surface area contributed by atoms with Gasteiger partial charge in [0.05, 0.1) is 25.4 Å². The molecular weight excluding hydrogens is 646 g/mol. The van der Waals surface area contributed by atoms with E-state index in [9.17, 15) is 9.13 Å². The van der Waals surface area contributed by atoms with Crippen LogP contribution in [0.2, 0.25) is 0 Å². The predicted molar refractivity (Wildman–Crippen MR) is 156 cm³/mol. The first-order valence-electron chi connectivity index (χ1n) is 13.0. The molecule has 0 aliphatic carbocycles. The van der Waals surface area contributed by atoms with Crippen LogP contribution in [0.1, 0.15) is 32.2 Å². The zero-order chi connectivity index (χ0) is 30.1. The molecule has 1 unspecified atom stereocenters. The zero-order valence-corrected chi connectivity index (χ0v) is 25.8. The molecule has 0 amide bonds. The lowest BCUT2D eigenvalue weighted by molar-refractivity contribution is -0.0748. The molecule has 3 fully saturated rings. The summed E-state index contributed by atoms with van der Waals surface area (Å²) in [5, 5.41) is 0. The monoisotopic (exact) mass is 672 g/mol. The van der Waals surface area contributed by atoms with Gasteiger partial charge >= 0.3 is 13.6 Å². The van der Waals surface area contributed by atoms with E-state index in [0.717, 1.165) is 0 Å². The van der Waals surface area contributed by atoms with Gasteiger partial charge in [-0.15, -0.1) is 0 Å². The number of rotatable bonds is 2. The van der Waals surface area contributed by atoms with Crippen molar-refractivity contribution in [3.8, 4) is 0 Å². The van der Waals surface area contributed by atoms with Crippen LogP contribution in [0.25, 0.3) is 22.3 Å². The highest BCUT2D eigenvalue weighted by Gasteiger charge is 2.49. The number of hydrogen-bond acceptors (Lipinski definition) is 16. The quantitative estimate of drug-likeness (QED) is 0.177. The molecule has 3 saturated heterocycles. The van der Waals surface area contributed by atoms with Gasteiger partial charge in [0.15, 0.2) is 22.9 Å². The number of hydrogen-bond donors (Lipinski definition) is 4. The Labute approximate surface area is 253 Å². The van der Waals surface area contributed by atoms with E-state index in [1.165, 1.54) is 25.3 Å². The first-order valence-corrected chi connectivity index (χ1v) is 18.4. The Morgan fingerprint density at radius 2 is 1.33 bits per heavy atom. The SMILES string of the molecule is C[C@@H]1O[P@@](=O)(S)O[C@H]2C[C@H](n3cnc4c(N)ncnc43)O[C@@H]2CO[P@@](=O)(S)O[C@H]2C[C@H](n3cnc4c(N)ncnc43)OC12. The van der Waals surface area contributed by atoms with E-state index < -0.39 is 56.6 Å². The van der Waals surface area contributed by atoms with E-state index in [1.54, 1.807) is 16.1 Å². The molecular formula is C21H26N10O8P2S2. The molecule has 7 heterocycles. The van der Waals surface area contributed by atoms with Gasteiger partial charge in [0.1, 0.15) is 60.6 Å². The fourth-order valence-corrected chi connectivity index (χ4v) is 8.95. The summed E-state index contributed by atoms with van der Waals surface area (Å²) >= 11 is 8.47. The molecule has 9 atom stereocenters. The van der Waals surface area contributed by atoms with Crippen LogP contribution >= 0.6 is 38.1 Å². The average molecular weight is 673 g/mol. The summed E-state index contributed by atoms with van der Waals surface area (Å²) in [6.45, 7) is -6.68. The highest BCUT2D eigenvalue weighted by molar-refractivity contribution is 8.44. The number of ether oxygens (including phenoxy) is 2. The number of nitrogens with zero attached hydrogens (tertiary/aromatic N) is 8. The summed E-state index contributed by atoms with van der Waals surface area (Å²) in [5.74, 6) is 0.410. The van der Waals surface area contributed by atoms with Crippen LogP contribution in [0.15, 0.2) is 25.3 Å². The number of nitrogens with two attached hydrogens (primary N) is 2. The van der Waals surface area contributed by atoms with Gasteiger partial charge in [0.25, 0.3) is 0 Å². The fourth-order valence-electron chi connectivity index (χ4n) is 5.48. The first-order chi connectivity index (χ1) is 20.5. The summed E-state index contributed by atoms with van der Waals surface area (Å²) in [7, 11) is 0. The van der Waals surface area contributed by atoms with Gasteiger partial charge in [-0.25, -0.2) is 39.0 Å². The van der Waals surface area contributed by atoms with Crippen molar-refractivity contribution in [2.24, 2.45) is 0 Å². The number of imidazole rings is 2. The Kier molecular flexibility index (Phi) is 7.44. The van der Waals surface area contributed by atoms with Crippen LogP contribution in [0.4, 0.5) is 11.6 Å². The van der Waals surface area contributed by atoms with Gasteiger partial charge in [-0.3, -0.25) is 27.2 Å². The lowest BCUT2D eigenvalue weighted by atomic mass is 10.1. The van der Waals surface area contributed by atoms with Crippen molar-refractivity contribution in [1.29, 1.82) is 0 Å². The predicted octanol–water partition coefficient (Wildman–Crippen LogP) is 2.69. The van der Waals surface area contributed by atoms with Crippen LogP contribution in [-0.4, -0.2) is 76.2 Å². The molecule has 18 nitrogen and oxygen atoms in total. The van der Waals surface area contributed by atoms with Gasteiger partial charge in [-0.2, -0.15) is 0 Å². The van der Waals surface area contributed by atoms with Crippen molar-refractivity contribution in [3.05, 3.63) is 25.3 Å². The molecule has 0 bridgehead atoms. The maximum atomic E-state index is 13.6. The molecule has 4 aromatic heterocycles. The maximum absolute atomic E-state index is 13.6. The van der Waals surface area contributed by atoms with E-state index in [2.05, 4.69) is 54.4 Å². The minimum absolute atomic E-state index is 0.169. The van der Waals surface area contributed by atoms with Gasteiger partial charge in [-0.1, -0.05) is 24.5 Å². The van der Waals surface area contributed by atoms with E-state index >= 15 is 0 Å². The van der Waals surface area contributed by atoms with Gasteiger partial charge in [-0.05, 0) is 6.92 Å². The van der Waals surface area contributed by atoms with Crippen molar-refractivity contribution in [3.63, 3.8) is 0 Å². The summed E-state index contributed by atoms with van der Waals surface area (Å²) in [5.41, 5.74) is 13.5. The number of thiol groups is 2. The van der Waals surface area contributed by atoms with E-state index in [4.69, 9.17) is 39.0 Å². The number of aromatic nitrogens is 8. The molecule has 4 aromatic rings. The third kappa shape index (κ3) is 5.54. The summed E-state index contributed by atoms with van der Waals surface area (Å²) < 4.78 is 66.1. The highest BCUT2D eigenvalue weighted by atomic mass is 32.7. The van der Waals surface area contributed by atoms with E-state index in [0.29, 0.717) is 22.3 Å².